The maximum Gasteiger partial charge on any atom is 0.305 e. The van der Waals surface area contributed by atoms with E-state index in [-0.39, 0.29) is 5.97 Å². The highest BCUT2D eigenvalue weighted by atomic mass is 16.6. The highest BCUT2D eigenvalue weighted by Gasteiger charge is 2.01. The molecule has 102 valence electrons. The van der Waals surface area contributed by atoms with Gasteiger partial charge in [0.1, 0.15) is 6.61 Å². The molecule has 0 radical (unpaired) electrons. The van der Waals surface area contributed by atoms with Crippen molar-refractivity contribution in [3.63, 3.8) is 0 Å². The summed E-state index contributed by atoms with van der Waals surface area (Å²) in [6, 6.07) is 0. The lowest BCUT2D eigenvalue weighted by atomic mass is 10.1. The summed E-state index contributed by atoms with van der Waals surface area (Å²) in [5.74, 6) is -0.0828. The molecule has 0 N–H and O–H groups in total. The number of hydrogen-bond acceptors (Lipinski definition) is 3. The first-order chi connectivity index (χ1) is 8.31. The third-order valence-electron chi connectivity index (χ3n) is 2.57. The Morgan fingerprint density at radius 1 is 0.824 bits per heavy atom. The van der Waals surface area contributed by atoms with Crippen molar-refractivity contribution in [2.45, 2.75) is 65.2 Å². The van der Waals surface area contributed by atoms with Crippen molar-refractivity contribution >= 4 is 5.97 Å². The molecule has 0 aliphatic carbocycles. The van der Waals surface area contributed by atoms with Crippen LogP contribution >= 0.6 is 0 Å². The number of hydrogen-bond donors (Lipinski definition) is 0. The van der Waals surface area contributed by atoms with Crippen molar-refractivity contribution < 1.29 is 14.3 Å². The average Bonchev–Trinajstić information content (AvgIpc) is 2.33. The van der Waals surface area contributed by atoms with Crippen LogP contribution in [0.1, 0.15) is 65.2 Å². The third kappa shape index (κ3) is 13.4. The molecule has 0 aliphatic heterocycles. The zero-order valence-corrected chi connectivity index (χ0v) is 11.5. The van der Waals surface area contributed by atoms with Crippen LogP contribution in [0.4, 0.5) is 0 Å². The molecule has 0 aromatic heterocycles. The topological polar surface area (TPSA) is 35.5 Å². The van der Waals surface area contributed by atoms with Crippen molar-refractivity contribution in [3.8, 4) is 0 Å². The predicted molar refractivity (Wildman–Crippen MR) is 70.1 cm³/mol. The molecule has 0 aliphatic rings. The lowest BCUT2D eigenvalue weighted by molar-refractivity contribution is -0.145. The summed E-state index contributed by atoms with van der Waals surface area (Å²) in [5.41, 5.74) is 0. The Kier molecular flexibility index (Phi) is 13.0. The van der Waals surface area contributed by atoms with Gasteiger partial charge in [0, 0.05) is 13.0 Å². The maximum absolute atomic E-state index is 11.3. The number of carbonyl (C=O) groups is 1. The van der Waals surface area contributed by atoms with Crippen molar-refractivity contribution in [1.82, 2.24) is 0 Å². The molecule has 0 atom stereocenters. The molecule has 0 aromatic rings. The van der Waals surface area contributed by atoms with Crippen LogP contribution in [0.15, 0.2) is 0 Å². The van der Waals surface area contributed by atoms with E-state index < -0.39 is 0 Å². The fourth-order valence-electron chi connectivity index (χ4n) is 1.58. The Morgan fingerprint density at radius 3 is 2.24 bits per heavy atom. The largest absolute Gasteiger partial charge is 0.463 e. The minimum Gasteiger partial charge on any atom is -0.463 e. The van der Waals surface area contributed by atoms with Gasteiger partial charge in [-0.05, 0) is 12.8 Å². The van der Waals surface area contributed by atoms with Crippen LogP contribution in [0.5, 0.6) is 0 Å². The second kappa shape index (κ2) is 13.5. The summed E-state index contributed by atoms with van der Waals surface area (Å²) in [6.07, 6.45) is 8.75. The standard InChI is InChI=1S/C14H28O3/c1-3-5-6-7-8-9-10-14(15)17-13-12-16-11-4-2/h3-13H2,1-2H3. The normalized spacial score (nSPS) is 10.5. The molecule has 0 fully saturated rings. The van der Waals surface area contributed by atoms with Gasteiger partial charge in [0.05, 0.1) is 6.61 Å². The van der Waals surface area contributed by atoms with Gasteiger partial charge in [-0.25, -0.2) is 0 Å². The van der Waals surface area contributed by atoms with Gasteiger partial charge in [0.15, 0.2) is 0 Å². The smallest absolute Gasteiger partial charge is 0.305 e. The second-order valence-electron chi connectivity index (χ2n) is 4.35. The van der Waals surface area contributed by atoms with Crippen LogP contribution in [0.25, 0.3) is 0 Å². The lowest BCUT2D eigenvalue weighted by Crippen LogP contribution is -2.10. The summed E-state index contributed by atoms with van der Waals surface area (Å²) in [6.45, 7) is 5.93. The predicted octanol–water partition coefficient (Wildman–Crippen LogP) is 3.71. The molecule has 0 bridgehead atoms. The van der Waals surface area contributed by atoms with Crippen molar-refractivity contribution in [1.29, 1.82) is 0 Å². The van der Waals surface area contributed by atoms with Gasteiger partial charge in [0.25, 0.3) is 0 Å². The van der Waals surface area contributed by atoms with Gasteiger partial charge >= 0.3 is 5.97 Å². The molecule has 0 spiro atoms. The lowest BCUT2D eigenvalue weighted by Gasteiger charge is -2.05. The summed E-state index contributed by atoms with van der Waals surface area (Å²) in [7, 11) is 0. The van der Waals surface area contributed by atoms with E-state index in [0.29, 0.717) is 19.6 Å². The quantitative estimate of drug-likeness (QED) is 0.388. The second-order valence-corrected chi connectivity index (χ2v) is 4.35. The van der Waals surface area contributed by atoms with E-state index in [1.165, 1.54) is 25.7 Å². The fourth-order valence-corrected chi connectivity index (χ4v) is 1.58. The third-order valence-corrected chi connectivity index (χ3v) is 2.57. The van der Waals surface area contributed by atoms with Gasteiger partial charge < -0.3 is 9.47 Å². The fraction of sp³-hybridized carbons (Fsp3) is 0.929. The van der Waals surface area contributed by atoms with Gasteiger partial charge in [-0.2, -0.15) is 0 Å². The molecule has 17 heavy (non-hydrogen) atoms. The van der Waals surface area contributed by atoms with Crippen LogP contribution < -0.4 is 0 Å². The number of ether oxygens (including phenoxy) is 2. The molecular weight excluding hydrogens is 216 g/mol. The Bertz CT molecular complexity index is 169. The first-order valence-electron chi connectivity index (χ1n) is 7.04. The highest BCUT2D eigenvalue weighted by molar-refractivity contribution is 5.69. The molecule has 0 unspecified atom stereocenters. The Hall–Kier alpha value is -0.570. The van der Waals surface area contributed by atoms with Gasteiger partial charge in [-0.15, -0.1) is 0 Å². The molecule has 0 amide bonds. The number of unbranched alkanes of at least 4 members (excludes halogenated alkanes) is 5. The molecule has 0 saturated heterocycles. The molecule has 3 heteroatoms. The maximum atomic E-state index is 11.3. The zero-order chi connectivity index (χ0) is 12.8. The Morgan fingerprint density at radius 2 is 1.53 bits per heavy atom. The molecule has 0 aromatic carbocycles. The van der Waals surface area contributed by atoms with Crippen LogP contribution in [0.3, 0.4) is 0 Å². The molecule has 0 saturated carbocycles. The van der Waals surface area contributed by atoms with Crippen LogP contribution in [0.2, 0.25) is 0 Å². The monoisotopic (exact) mass is 244 g/mol. The van der Waals surface area contributed by atoms with Gasteiger partial charge in [-0.3, -0.25) is 4.79 Å². The van der Waals surface area contributed by atoms with E-state index in [0.717, 1.165) is 25.9 Å². The Balaban J connectivity index is 3.12. The van der Waals surface area contributed by atoms with E-state index in [9.17, 15) is 4.79 Å². The molecular formula is C14H28O3. The van der Waals surface area contributed by atoms with E-state index in [1.54, 1.807) is 0 Å². The summed E-state index contributed by atoms with van der Waals surface area (Å²) >= 11 is 0. The number of esters is 1. The molecule has 3 nitrogen and oxygen atoms in total. The highest BCUT2D eigenvalue weighted by Crippen LogP contribution is 2.07. The van der Waals surface area contributed by atoms with Crippen molar-refractivity contribution in [2.24, 2.45) is 0 Å². The number of carbonyl (C=O) groups excluding carboxylic acids is 1. The Labute approximate surface area is 106 Å². The molecule has 0 heterocycles. The zero-order valence-electron chi connectivity index (χ0n) is 11.5. The summed E-state index contributed by atoms with van der Waals surface area (Å²) in [5, 5.41) is 0. The first kappa shape index (κ1) is 16.4. The van der Waals surface area contributed by atoms with E-state index in [4.69, 9.17) is 9.47 Å². The first-order valence-corrected chi connectivity index (χ1v) is 7.04. The van der Waals surface area contributed by atoms with Crippen molar-refractivity contribution in [3.05, 3.63) is 0 Å². The van der Waals surface area contributed by atoms with Gasteiger partial charge in [0.2, 0.25) is 0 Å². The average molecular weight is 244 g/mol. The van der Waals surface area contributed by atoms with E-state index in [1.807, 2.05) is 0 Å². The minimum atomic E-state index is -0.0828. The van der Waals surface area contributed by atoms with E-state index in [2.05, 4.69) is 13.8 Å². The summed E-state index contributed by atoms with van der Waals surface area (Å²) in [4.78, 5) is 11.3. The van der Waals surface area contributed by atoms with Crippen LogP contribution in [-0.2, 0) is 14.3 Å². The SMILES string of the molecule is CCCCCCCCC(=O)OCCOCCC. The van der Waals surface area contributed by atoms with Crippen molar-refractivity contribution in [2.75, 3.05) is 19.8 Å². The minimum absolute atomic E-state index is 0.0828. The van der Waals surface area contributed by atoms with Crippen LogP contribution in [-0.4, -0.2) is 25.8 Å². The van der Waals surface area contributed by atoms with Gasteiger partial charge in [-0.1, -0.05) is 46.0 Å². The molecule has 0 rings (SSSR count). The summed E-state index contributed by atoms with van der Waals surface area (Å²) < 4.78 is 10.3. The van der Waals surface area contributed by atoms with Crippen LogP contribution in [0, 0.1) is 0 Å². The van der Waals surface area contributed by atoms with E-state index >= 15 is 0 Å². The number of rotatable bonds is 12.